The molecule has 69 heavy (non-hydrogen) atoms. The van der Waals surface area contributed by atoms with Gasteiger partial charge < -0.3 is 34.9 Å². The SMILES string of the molecule is CCCCCCC(O)C/C=C/CCCCCCCC(=O)OCC(COC(=O)CCCCCCC/C=C/CC(O)CCCCCC)OC(=O)CCCCCCC/C=C/CC(CCCCCC)OC(N)=O. The second-order valence-corrected chi connectivity index (χ2v) is 19.4. The zero-order chi connectivity index (χ0) is 50.7. The van der Waals surface area contributed by atoms with E-state index in [-0.39, 0.29) is 68.7 Å². The number of ether oxygens (including phenoxy) is 4. The van der Waals surface area contributed by atoms with E-state index in [1.54, 1.807) is 0 Å². The maximum absolute atomic E-state index is 12.9. The van der Waals surface area contributed by atoms with Gasteiger partial charge in [0.2, 0.25) is 0 Å². The van der Waals surface area contributed by atoms with E-state index in [1.807, 2.05) is 0 Å². The fraction of sp³-hybridized carbons (Fsp3) is 0.828. The average molecular weight is 976 g/mol. The third-order valence-electron chi connectivity index (χ3n) is 12.6. The van der Waals surface area contributed by atoms with E-state index in [1.165, 1.54) is 44.9 Å². The second kappa shape index (κ2) is 51.2. The zero-order valence-corrected chi connectivity index (χ0v) is 44.5. The van der Waals surface area contributed by atoms with E-state index in [2.05, 4.69) is 57.2 Å². The normalized spacial score (nSPS) is 13.5. The standard InChI is InChI=1S/C58H105NO10/c1-4-7-10-31-40-51(60)42-33-25-19-13-16-22-28-37-46-55(62)66-49-54(50-67-56(63)47-38-29-23-17-14-20-26-34-43-52(61)41-32-11-8-5-2)68-57(64)48-39-30-24-18-15-21-27-36-45-53(69-58(59)65)44-35-12-9-6-3/h25-27,33-34,36,51-54,60-61H,4-24,28-32,35,37-50H2,1-3H3,(H2,59,65)/b33-25+,34-26+,36-27+. The summed E-state index contributed by atoms with van der Waals surface area (Å²) in [6.45, 7) is 6.27. The molecule has 0 saturated carbocycles. The van der Waals surface area contributed by atoms with Gasteiger partial charge in [-0.15, -0.1) is 0 Å². The molecule has 3 atom stereocenters. The molecule has 0 aromatic rings. The fourth-order valence-electron chi connectivity index (χ4n) is 8.21. The van der Waals surface area contributed by atoms with E-state index in [4.69, 9.17) is 24.7 Å². The molecule has 402 valence electrons. The van der Waals surface area contributed by atoms with Gasteiger partial charge in [0.1, 0.15) is 19.3 Å². The van der Waals surface area contributed by atoms with Crippen molar-refractivity contribution in [1.82, 2.24) is 0 Å². The molecule has 3 unspecified atom stereocenters. The number of aliphatic hydroxyl groups excluding tert-OH is 2. The van der Waals surface area contributed by atoms with Crippen molar-refractivity contribution in [2.75, 3.05) is 13.2 Å². The maximum Gasteiger partial charge on any atom is 0.404 e. The van der Waals surface area contributed by atoms with Gasteiger partial charge in [0.05, 0.1) is 12.2 Å². The molecule has 0 aliphatic carbocycles. The van der Waals surface area contributed by atoms with Crippen LogP contribution < -0.4 is 5.73 Å². The van der Waals surface area contributed by atoms with Crippen LogP contribution in [0.1, 0.15) is 271 Å². The lowest BCUT2D eigenvalue weighted by Gasteiger charge is -2.18. The zero-order valence-electron chi connectivity index (χ0n) is 44.5. The molecular weight excluding hydrogens is 871 g/mol. The molecule has 0 saturated heterocycles. The van der Waals surface area contributed by atoms with Crippen LogP contribution in [-0.2, 0) is 33.3 Å². The summed E-state index contributed by atoms with van der Waals surface area (Å²) >= 11 is 0. The van der Waals surface area contributed by atoms with Gasteiger partial charge in [-0.25, -0.2) is 4.79 Å². The summed E-state index contributed by atoms with van der Waals surface area (Å²) in [5.74, 6) is -1.08. The van der Waals surface area contributed by atoms with Crippen LogP contribution in [0.3, 0.4) is 0 Å². The Morgan fingerprint density at radius 2 is 0.739 bits per heavy atom. The third kappa shape index (κ3) is 49.6. The molecule has 0 radical (unpaired) electrons. The molecule has 0 aromatic heterocycles. The van der Waals surface area contributed by atoms with Crippen molar-refractivity contribution >= 4 is 24.0 Å². The van der Waals surface area contributed by atoms with E-state index in [0.29, 0.717) is 12.8 Å². The number of hydrogen-bond donors (Lipinski definition) is 3. The summed E-state index contributed by atoms with van der Waals surface area (Å²) in [6, 6.07) is 0. The number of hydrogen-bond acceptors (Lipinski definition) is 10. The first-order chi connectivity index (χ1) is 33.6. The number of rotatable bonds is 51. The van der Waals surface area contributed by atoms with Gasteiger partial charge in [0, 0.05) is 25.7 Å². The van der Waals surface area contributed by atoms with Gasteiger partial charge in [-0.3, -0.25) is 14.4 Å². The van der Waals surface area contributed by atoms with Crippen molar-refractivity contribution in [1.29, 1.82) is 0 Å². The Morgan fingerprint density at radius 3 is 1.14 bits per heavy atom. The number of carbonyl (C=O) groups excluding carboxylic acids is 4. The molecule has 4 N–H and O–H groups in total. The molecule has 0 fully saturated rings. The van der Waals surface area contributed by atoms with Crippen LogP contribution in [0.25, 0.3) is 0 Å². The second-order valence-electron chi connectivity index (χ2n) is 19.4. The molecular formula is C58H105NO10. The van der Waals surface area contributed by atoms with Crippen LogP contribution in [0.5, 0.6) is 0 Å². The van der Waals surface area contributed by atoms with E-state index in [9.17, 15) is 29.4 Å². The fourth-order valence-corrected chi connectivity index (χ4v) is 8.21. The van der Waals surface area contributed by atoms with Crippen LogP contribution in [0.2, 0.25) is 0 Å². The highest BCUT2D eigenvalue weighted by atomic mass is 16.6. The Hall–Kier alpha value is -3.18. The number of unbranched alkanes of at least 4 members (excludes halogenated alkanes) is 24. The van der Waals surface area contributed by atoms with Gasteiger partial charge >= 0.3 is 24.0 Å². The summed E-state index contributed by atoms with van der Waals surface area (Å²) in [5, 5.41) is 20.3. The number of primary amides is 1. The van der Waals surface area contributed by atoms with Gasteiger partial charge in [-0.05, 0) is 96.3 Å². The summed E-state index contributed by atoms with van der Waals surface area (Å²) in [7, 11) is 0. The maximum atomic E-state index is 12.9. The Balaban J connectivity index is 4.61. The highest BCUT2D eigenvalue weighted by molar-refractivity contribution is 5.71. The lowest BCUT2D eigenvalue weighted by atomic mass is 10.1. The molecule has 0 aliphatic rings. The Labute approximate surface area is 422 Å². The summed E-state index contributed by atoms with van der Waals surface area (Å²) in [5.41, 5.74) is 5.27. The van der Waals surface area contributed by atoms with Crippen molar-refractivity contribution in [2.24, 2.45) is 5.73 Å². The minimum Gasteiger partial charge on any atom is -0.462 e. The van der Waals surface area contributed by atoms with Crippen molar-refractivity contribution in [3.8, 4) is 0 Å². The van der Waals surface area contributed by atoms with Crippen LogP contribution in [0.15, 0.2) is 36.5 Å². The molecule has 0 spiro atoms. The van der Waals surface area contributed by atoms with Crippen LogP contribution in [-0.4, -0.2) is 71.8 Å². The van der Waals surface area contributed by atoms with E-state index < -0.39 is 12.2 Å². The van der Waals surface area contributed by atoms with Gasteiger partial charge in [-0.2, -0.15) is 0 Å². The average Bonchev–Trinajstić information content (AvgIpc) is 3.32. The van der Waals surface area contributed by atoms with Crippen LogP contribution >= 0.6 is 0 Å². The number of amides is 1. The molecule has 1 amide bonds. The first-order valence-corrected chi connectivity index (χ1v) is 28.4. The molecule has 0 aliphatic heterocycles. The van der Waals surface area contributed by atoms with Gasteiger partial charge in [-0.1, -0.05) is 186 Å². The number of allylic oxidation sites excluding steroid dienone is 3. The molecule has 0 bridgehead atoms. The number of aliphatic hydroxyl groups is 2. The minimum absolute atomic E-state index is 0.147. The summed E-state index contributed by atoms with van der Waals surface area (Å²) < 4.78 is 22.0. The van der Waals surface area contributed by atoms with Crippen LogP contribution in [0, 0.1) is 0 Å². The van der Waals surface area contributed by atoms with Crippen molar-refractivity contribution in [3.05, 3.63) is 36.5 Å². The van der Waals surface area contributed by atoms with E-state index in [0.717, 1.165) is 173 Å². The lowest BCUT2D eigenvalue weighted by molar-refractivity contribution is -0.167. The number of carbonyl (C=O) groups is 4. The topological polar surface area (TPSA) is 172 Å². The van der Waals surface area contributed by atoms with E-state index >= 15 is 0 Å². The van der Waals surface area contributed by atoms with Crippen molar-refractivity contribution < 1.29 is 48.3 Å². The monoisotopic (exact) mass is 976 g/mol. The largest absolute Gasteiger partial charge is 0.462 e. The first-order valence-electron chi connectivity index (χ1n) is 28.4. The minimum atomic E-state index is -0.855. The lowest BCUT2D eigenvalue weighted by Crippen LogP contribution is -2.30. The highest BCUT2D eigenvalue weighted by Crippen LogP contribution is 2.16. The Morgan fingerprint density at radius 1 is 0.391 bits per heavy atom. The quantitative estimate of drug-likeness (QED) is 0.0231. The molecule has 11 nitrogen and oxygen atoms in total. The molecule has 11 heteroatoms. The summed E-state index contributed by atoms with van der Waals surface area (Å²) in [6.07, 6.45) is 47.3. The highest BCUT2D eigenvalue weighted by Gasteiger charge is 2.20. The smallest absolute Gasteiger partial charge is 0.404 e. The summed E-state index contributed by atoms with van der Waals surface area (Å²) in [4.78, 5) is 49.5. The predicted molar refractivity (Wildman–Crippen MR) is 283 cm³/mol. The number of nitrogens with two attached hydrogens (primary N) is 1. The first kappa shape index (κ1) is 65.8. The molecule has 0 aromatic carbocycles. The van der Waals surface area contributed by atoms with Gasteiger partial charge in [0.15, 0.2) is 6.10 Å². The van der Waals surface area contributed by atoms with Crippen molar-refractivity contribution in [2.45, 2.75) is 296 Å². The predicted octanol–water partition coefficient (Wildman–Crippen LogP) is 15.1. The van der Waals surface area contributed by atoms with Gasteiger partial charge in [0.25, 0.3) is 0 Å². The Bertz CT molecular complexity index is 1220. The Kier molecular flexibility index (Phi) is 48.8. The molecule has 0 rings (SSSR count). The number of esters is 3. The third-order valence-corrected chi connectivity index (χ3v) is 12.6. The molecule has 0 heterocycles. The van der Waals surface area contributed by atoms with Crippen molar-refractivity contribution in [3.63, 3.8) is 0 Å². The van der Waals surface area contributed by atoms with Crippen LogP contribution in [0.4, 0.5) is 4.79 Å².